The number of unbranched alkanes of at least 4 members (excludes halogenated alkanes) is 1. The predicted molar refractivity (Wildman–Crippen MR) is 55.4 cm³/mol. The van der Waals surface area contributed by atoms with Crippen molar-refractivity contribution >= 4 is 5.78 Å². The van der Waals surface area contributed by atoms with Gasteiger partial charge in [-0.3, -0.25) is 4.79 Å². The van der Waals surface area contributed by atoms with Crippen molar-refractivity contribution < 1.29 is 4.79 Å². The van der Waals surface area contributed by atoms with Gasteiger partial charge in [0.15, 0.2) is 0 Å². The molecule has 0 aromatic carbocycles. The van der Waals surface area contributed by atoms with E-state index in [2.05, 4.69) is 0 Å². The van der Waals surface area contributed by atoms with Crippen molar-refractivity contribution in [1.82, 2.24) is 0 Å². The second-order valence-electron chi connectivity index (χ2n) is 3.38. The van der Waals surface area contributed by atoms with Crippen LogP contribution in [0, 0.1) is 0 Å². The minimum absolute atomic E-state index is 0.464. The number of hydrogen-bond donors (Lipinski definition) is 2. The van der Waals surface area contributed by atoms with Crippen LogP contribution >= 0.6 is 0 Å². The van der Waals surface area contributed by atoms with Crippen LogP contribution < -0.4 is 11.5 Å². The maximum Gasteiger partial charge on any atom is 0.132 e. The van der Waals surface area contributed by atoms with Crippen LogP contribution in [0.3, 0.4) is 0 Å². The first kappa shape index (κ1) is 12.6. The Kier molecular flexibility index (Phi) is 9.37. The molecule has 1 saturated carbocycles. The number of Topliss-reactive ketones (excluding diaryl/α,β-unsaturated/α-hetero) is 1. The Balaban J connectivity index is 0.000000226. The van der Waals surface area contributed by atoms with Crippen molar-refractivity contribution in [3.05, 3.63) is 0 Å². The Labute approximate surface area is 80.9 Å². The third kappa shape index (κ3) is 9.50. The first-order valence-corrected chi connectivity index (χ1v) is 5.23. The van der Waals surface area contributed by atoms with Crippen LogP contribution in [-0.4, -0.2) is 18.9 Å². The number of ketones is 1. The van der Waals surface area contributed by atoms with Crippen molar-refractivity contribution in [2.24, 2.45) is 11.5 Å². The first-order chi connectivity index (χ1) is 6.31. The highest BCUT2D eigenvalue weighted by molar-refractivity contribution is 5.78. The molecule has 1 rings (SSSR count). The van der Waals surface area contributed by atoms with Crippen molar-refractivity contribution in [2.75, 3.05) is 13.1 Å². The SMILES string of the molecule is NCCCCN.O=C1CCCCC1. The maximum absolute atomic E-state index is 10.5. The fourth-order valence-corrected chi connectivity index (χ4v) is 1.23. The van der Waals surface area contributed by atoms with Gasteiger partial charge in [0, 0.05) is 12.8 Å². The van der Waals surface area contributed by atoms with E-state index < -0.39 is 0 Å². The summed E-state index contributed by atoms with van der Waals surface area (Å²) in [4.78, 5) is 10.5. The Bertz CT molecular complexity index is 114. The molecule has 0 amide bonds. The molecule has 1 aliphatic rings. The van der Waals surface area contributed by atoms with Gasteiger partial charge < -0.3 is 11.5 Å². The Hall–Kier alpha value is -0.410. The van der Waals surface area contributed by atoms with Crippen LogP contribution in [0.2, 0.25) is 0 Å². The third-order valence-electron chi connectivity index (χ3n) is 2.07. The lowest BCUT2D eigenvalue weighted by molar-refractivity contribution is -0.120. The molecular formula is C10H22N2O. The summed E-state index contributed by atoms with van der Waals surface area (Å²) in [6, 6.07) is 0. The third-order valence-corrected chi connectivity index (χ3v) is 2.07. The van der Waals surface area contributed by atoms with E-state index in [0.717, 1.165) is 51.6 Å². The van der Waals surface area contributed by atoms with Crippen LogP contribution in [0.5, 0.6) is 0 Å². The highest BCUT2D eigenvalue weighted by Crippen LogP contribution is 2.12. The van der Waals surface area contributed by atoms with E-state index in [4.69, 9.17) is 11.5 Å². The van der Waals surface area contributed by atoms with Gasteiger partial charge in [0.25, 0.3) is 0 Å². The average molecular weight is 186 g/mol. The summed E-state index contributed by atoms with van der Waals surface area (Å²) < 4.78 is 0. The molecule has 0 saturated heterocycles. The second-order valence-corrected chi connectivity index (χ2v) is 3.38. The molecule has 78 valence electrons. The predicted octanol–water partition coefficient (Wildman–Crippen LogP) is 1.20. The van der Waals surface area contributed by atoms with Gasteiger partial charge >= 0.3 is 0 Å². The van der Waals surface area contributed by atoms with Gasteiger partial charge in [-0.05, 0) is 38.8 Å². The molecule has 3 nitrogen and oxygen atoms in total. The number of carbonyl (C=O) groups is 1. The minimum Gasteiger partial charge on any atom is -0.330 e. The Morgan fingerprint density at radius 2 is 1.38 bits per heavy atom. The highest BCUT2D eigenvalue weighted by Gasteiger charge is 2.05. The molecule has 0 aliphatic heterocycles. The van der Waals surface area contributed by atoms with E-state index in [1.165, 1.54) is 6.42 Å². The van der Waals surface area contributed by atoms with Crippen LogP contribution in [0.15, 0.2) is 0 Å². The summed E-state index contributed by atoms with van der Waals surface area (Å²) in [6.45, 7) is 1.55. The van der Waals surface area contributed by atoms with Gasteiger partial charge in [0.2, 0.25) is 0 Å². The van der Waals surface area contributed by atoms with Gasteiger partial charge in [-0.1, -0.05) is 6.42 Å². The number of nitrogens with two attached hydrogens (primary N) is 2. The van der Waals surface area contributed by atoms with Gasteiger partial charge in [-0.25, -0.2) is 0 Å². The summed E-state index contributed by atoms with van der Waals surface area (Å²) in [6.07, 6.45) is 7.37. The summed E-state index contributed by atoms with van der Waals surface area (Å²) in [5.74, 6) is 0.464. The van der Waals surface area contributed by atoms with Gasteiger partial charge in [-0.15, -0.1) is 0 Å². The van der Waals surface area contributed by atoms with Crippen molar-refractivity contribution in [3.8, 4) is 0 Å². The zero-order valence-electron chi connectivity index (χ0n) is 8.43. The molecule has 13 heavy (non-hydrogen) atoms. The molecule has 0 aromatic rings. The lowest BCUT2D eigenvalue weighted by atomic mass is 10.00. The van der Waals surface area contributed by atoms with E-state index >= 15 is 0 Å². The smallest absolute Gasteiger partial charge is 0.132 e. The zero-order chi connectivity index (χ0) is 9.94. The molecule has 0 aromatic heterocycles. The standard InChI is InChI=1S/C6H10O.C4H12N2/c7-6-4-2-1-3-5-6;5-3-1-2-4-6/h1-5H2;1-6H2. The fraction of sp³-hybridized carbons (Fsp3) is 0.900. The first-order valence-electron chi connectivity index (χ1n) is 5.23. The second kappa shape index (κ2) is 9.68. The van der Waals surface area contributed by atoms with Crippen molar-refractivity contribution in [1.29, 1.82) is 0 Å². The molecule has 1 fully saturated rings. The maximum atomic E-state index is 10.5. The topological polar surface area (TPSA) is 69.1 Å². The molecule has 0 radical (unpaired) electrons. The number of hydrogen-bond acceptors (Lipinski definition) is 3. The normalized spacial score (nSPS) is 16.3. The number of rotatable bonds is 3. The average Bonchev–Trinajstić information content (AvgIpc) is 2.17. The van der Waals surface area contributed by atoms with E-state index in [-0.39, 0.29) is 0 Å². The summed E-state index contributed by atoms with van der Waals surface area (Å²) >= 11 is 0. The molecule has 0 unspecified atom stereocenters. The Morgan fingerprint density at radius 1 is 0.923 bits per heavy atom. The highest BCUT2D eigenvalue weighted by atomic mass is 16.1. The van der Waals surface area contributed by atoms with Crippen molar-refractivity contribution in [3.63, 3.8) is 0 Å². The van der Waals surface area contributed by atoms with E-state index in [0.29, 0.717) is 5.78 Å². The van der Waals surface area contributed by atoms with Crippen LogP contribution in [0.1, 0.15) is 44.9 Å². The van der Waals surface area contributed by atoms with E-state index in [9.17, 15) is 4.79 Å². The molecule has 1 aliphatic carbocycles. The van der Waals surface area contributed by atoms with Crippen molar-refractivity contribution in [2.45, 2.75) is 44.9 Å². The molecule has 0 atom stereocenters. The van der Waals surface area contributed by atoms with Crippen LogP contribution in [0.4, 0.5) is 0 Å². The van der Waals surface area contributed by atoms with E-state index in [1.54, 1.807) is 0 Å². The molecule has 0 bridgehead atoms. The molecule has 0 heterocycles. The summed E-state index contributed by atoms with van der Waals surface area (Å²) in [5, 5.41) is 0. The number of carbonyl (C=O) groups excluding carboxylic acids is 1. The summed E-state index contributed by atoms with van der Waals surface area (Å²) in [7, 11) is 0. The van der Waals surface area contributed by atoms with Crippen LogP contribution in [0.25, 0.3) is 0 Å². The quantitative estimate of drug-likeness (QED) is 0.651. The molecular weight excluding hydrogens is 164 g/mol. The minimum atomic E-state index is 0.464. The molecule has 3 heteroatoms. The lowest BCUT2D eigenvalue weighted by Crippen LogP contribution is -2.03. The molecule has 4 N–H and O–H groups in total. The summed E-state index contributed by atoms with van der Waals surface area (Å²) in [5.41, 5.74) is 10.3. The van der Waals surface area contributed by atoms with Gasteiger partial charge in [0.1, 0.15) is 5.78 Å². The monoisotopic (exact) mass is 186 g/mol. The largest absolute Gasteiger partial charge is 0.330 e. The van der Waals surface area contributed by atoms with Gasteiger partial charge in [0.05, 0.1) is 0 Å². The Morgan fingerprint density at radius 3 is 1.62 bits per heavy atom. The fourth-order valence-electron chi connectivity index (χ4n) is 1.23. The lowest BCUT2D eigenvalue weighted by Gasteiger charge is -2.05. The zero-order valence-corrected chi connectivity index (χ0v) is 8.43. The van der Waals surface area contributed by atoms with Gasteiger partial charge in [-0.2, -0.15) is 0 Å². The van der Waals surface area contributed by atoms with E-state index in [1.807, 2.05) is 0 Å². The molecule has 0 spiro atoms. The van der Waals surface area contributed by atoms with Crippen LogP contribution in [-0.2, 0) is 4.79 Å².